The van der Waals surface area contributed by atoms with Gasteiger partial charge in [0.1, 0.15) is 0 Å². The fourth-order valence-corrected chi connectivity index (χ4v) is 2.98. The number of ketones is 1. The highest BCUT2D eigenvalue weighted by Crippen LogP contribution is 2.38. The van der Waals surface area contributed by atoms with Crippen molar-refractivity contribution < 1.29 is 4.79 Å². The Balaban J connectivity index is 2.19. The van der Waals surface area contributed by atoms with Crippen molar-refractivity contribution in [3.05, 3.63) is 34.3 Å². The van der Waals surface area contributed by atoms with E-state index in [-0.39, 0.29) is 5.78 Å². The summed E-state index contributed by atoms with van der Waals surface area (Å²) in [6.07, 6.45) is 5.02. The molecule has 1 aromatic rings. The van der Waals surface area contributed by atoms with E-state index in [1.807, 2.05) is 18.2 Å². The molecule has 1 nitrogen and oxygen atoms in total. The molecule has 0 amide bonds. The Morgan fingerprint density at radius 1 is 1.24 bits per heavy atom. The molecule has 1 saturated carbocycles. The van der Waals surface area contributed by atoms with Crippen LogP contribution in [0.4, 0.5) is 0 Å². The summed E-state index contributed by atoms with van der Waals surface area (Å²) < 4.78 is 0. The van der Waals surface area contributed by atoms with Crippen LogP contribution in [0.3, 0.4) is 0 Å². The molecular formula is C15H19ClO. The Morgan fingerprint density at radius 3 is 2.41 bits per heavy atom. The molecule has 0 radical (unpaired) electrons. The average molecular weight is 251 g/mol. The molecule has 0 unspecified atom stereocenters. The lowest BCUT2D eigenvalue weighted by Gasteiger charge is -2.27. The minimum Gasteiger partial charge on any atom is -0.295 e. The van der Waals surface area contributed by atoms with Crippen LogP contribution in [-0.4, -0.2) is 5.78 Å². The number of benzene rings is 1. The number of rotatable bonds is 2. The van der Waals surface area contributed by atoms with E-state index in [0.29, 0.717) is 11.5 Å². The Bertz CT molecular complexity index is 417. The predicted octanol–water partition coefficient (Wildman–Crippen LogP) is 4.84. The van der Waals surface area contributed by atoms with E-state index in [2.05, 4.69) is 6.92 Å². The first kappa shape index (κ1) is 12.6. The van der Waals surface area contributed by atoms with Crippen molar-refractivity contribution >= 4 is 17.4 Å². The second-order valence-electron chi connectivity index (χ2n) is 5.25. The molecule has 1 aromatic carbocycles. The lowest BCUT2D eigenvalue weighted by molar-refractivity contribution is 0.101. The maximum absolute atomic E-state index is 11.3. The summed E-state index contributed by atoms with van der Waals surface area (Å²) in [4.78, 5) is 11.3. The van der Waals surface area contributed by atoms with E-state index in [1.54, 1.807) is 6.92 Å². The first-order valence-electron chi connectivity index (χ1n) is 6.38. The third-order valence-corrected chi connectivity index (χ3v) is 4.19. The van der Waals surface area contributed by atoms with Crippen LogP contribution in [0.25, 0.3) is 0 Å². The molecule has 1 aliphatic rings. The van der Waals surface area contributed by atoms with E-state index in [0.717, 1.165) is 10.9 Å². The van der Waals surface area contributed by atoms with Gasteiger partial charge in [-0.15, -0.1) is 0 Å². The molecule has 0 bridgehead atoms. The molecule has 0 aromatic heterocycles. The van der Waals surface area contributed by atoms with Crippen LogP contribution in [0, 0.1) is 5.92 Å². The quantitative estimate of drug-likeness (QED) is 0.687. The highest BCUT2D eigenvalue weighted by molar-refractivity contribution is 6.31. The van der Waals surface area contributed by atoms with Gasteiger partial charge in [0.2, 0.25) is 0 Å². The van der Waals surface area contributed by atoms with Gasteiger partial charge in [-0.2, -0.15) is 0 Å². The van der Waals surface area contributed by atoms with E-state index in [1.165, 1.54) is 31.2 Å². The Morgan fingerprint density at radius 2 is 1.88 bits per heavy atom. The van der Waals surface area contributed by atoms with Crippen molar-refractivity contribution in [3.8, 4) is 0 Å². The van der Waals surface area contributed by atoms with Gasteiger partial charge in [0.25, 0.3) is 0 Å². The van der Waals surface area contributed by atoms with Crippen LogP contribution in [0.1, 0.15) is 61.4 Å². The molecule has 92 valence electrons. The topological polar surface area (TPSA) is 17.1 Å². The van der Waals surface area contributed by atoms with Gasteiger partial charge < -0.3 is 0 Å². The largest absolute Gasteiger partial charge is 0.295 e. The molecule has 2 heteroatoms. The zero-order chi connectivity index (χ0) is 12.4. The van der Waals surface area contributed by atoms with Crippen LogP contribution in [0.2, 0.25) is 5.02 Å². The average Bonchev–Trinajstić information content (AvgIpc) is 2.30. The number of hydrogen-bond acceptors (Lipinski definition) is 1. The fraction of sp³-hybridized carbons (Fsp3) is 0.533. The van der Waals surface area contributed by atoms with Gasteiger partial charge >= 0.3 is 0 Å². The Hall–Kier alpha value is -0.820. The lowest BCUT2D eigenvalue weighted by Crippen LogP contribution is -2.11. The van der Waals surface area contributed by atoms with Crippen molar-refractivity contribution in [3.63, 3.8) is 0 Å². The first-order valence-corrected chi connectivity index (χ1v) is 6.76. The van der Waals surface area contributed by atoms with E-state index in [9.17, 15) is 4.79 Å². The third kappa shape index (κ3) is 2.90. The number of carbonyl (C=O) groups excluding carboxylic acids is 1. The smallest absolute Gasteiger partial charge is 0.159 e. The summed E-state index contributed by atoms with van der Waals surface area (Å²) in [6, 6.07) is 5.76. The van der Waals surface area contributed by atoms with E-state index < -0.39 is 0 Å². The molecule has 0 saturated heterocycles. The molecule has 0 N–H and O–H groups in total. The molecular weight excluding hydrogens is 232 g/mol. The molecule has 1 aliphatic carbocycles. The van der Waals surface area contributed by atoms with Crippen LogP contribution >= 0.6 is 11.6 Å². The number of hydrogen-bond donors (Lipinski definition) is 0. The molecule has 2 rings (SSSR count). The highest BCUT2D eigenvalue weighted by Gasteiger charge is 2.21. The maximum Gasteiger partial charge on any atom is 0.159 e. The van der Waals surface area contributed by atoms with Gasteiger partial charge in [0.05, 0.1) is 0 Å². The third-order valence-electron chi connectivity index (χ3n) is 3.86. The van der Waals surface area contributed by atoms with Crippen LogP contribution < -0.4 is 0 Å². The van der Waals surface area contributed by atoms with Gasteiger partial charge in [0, 0.05) is 10.6 Å². The van der Waals surface area contributed by atoms with Crippen molar-refractivity contribution in [1.82, 2.24) is 0 Å². The summed E-state index contributed by atoms with van der Waals surface area (Å²) in [5.41, 5.74) is 1.94. The summed E-state index contributed by atoms with van der Waals surface area (Å²) in [6.45, 7) is 3.89. The normalized spacial score (nSPS) is 24.6. The number of carbonyl (C=O) groups is 1. The highest BCUT2D eigenvalue weighted by atomic mass is 35.5. The summed E-state index contributed by atoms with van der Waals surface area (Å²) in [5.74, 6) is 1.51. The van der Waals surface area contributed by atoms with E-state index >= 15 is 0 Å². The monoisotopic (exact) mass is 250 g/mol. The van der Waals surface area contributed by atoms with Gasteiger partial charge in [-0.05, 0) is 43.2 Å². The lowest BCUT2D eigenvalue weighted by atomic mass is 9.79. The number of Topliss-reactive ketones (excluding diaryl/α,β-unsaturated/α-hetero) is 1. The van der Waals surface area contributed by atoms with Crippen LogP contribution in [-0.2, 0) is 0 Å². The van der Waals surface area contributed by atoms with Crippen molar-refractivity contribution in [1.29, 1.82) is 0 Å². The molecule has 1 fully saturated rings. The minimum absolute atomic E-state index is 0.0794. The van der Waals surface area contributed by atoms with Gasteiger partial charge in [-0.1, -0.05) is 43.5 Å². The summed E-state index contributed by atoms with van der Waals surface area (Å²) >= 11 is 6.29. The van der Waals surface area contributed by atoms with Crippen LogP contribution in [0.15, 0.2) is 18.2 Å². The zero-order valence-corrected chi connectivity index (χ0v) is 11.3. The van der Waals surface area contributed by atoms with Crippen molar-refractivity contribution in [2.75, 3.05) is 0 Å². The molecule has 0 aliphatic heterocycles. The van der Waals surface area contributed by atoms with Crippen molar-refractivity contribution in [2.24, 2.45) is 5.92 Å². The fourth-order valence-electron chi connectivity index (χ4n) is 2.65. The SMILES string of the molecule is CC(=O)c1ccc(C2CCC(C)CC2)c(Cl)c1. The van der Waals surface area contributed by atoms with Crippen molar-refractivity contribution in [2.45, 2.75) is 45.4 Å². The standard InChI is InChI=1S/C15H19ClO/c1-10-3-5-12(6-4-10)14-8-7-13(11(2)17)9-15(14)16/h7-10,12H,3-6H2,1-2H3. The second kappa shape index (κ2) is 5.22. The molecule has 17 heavy (non-hydrogen) atoms. The molecule has 0 atom stereocenters. The second-order valence-corrected chi connectivity index (χ2v) is 5.66. The van der Waals surface area contributed by atoms with Gasteiger partial charge in [-0.25, -0.2) is 0 Å². The Labute approximate surface area is 108 Å². The van der Waals surface area contributed by atoms with Gasteiger partial charge in [-0.3, -0.25) is 4.79 Å². The predicted molar refractivity (Wildman–Crippen MR) is 71.8 cm³/mol. The van der Waals surface area contributed by atoms with Gasteiger partial charge in [0.15, 0.2) is 5.78 Å². The molecule has 0 spiro atoms. The summed E-state index contributed by atoms with van der Waals surface area (Å²) in [5, 5.41) is 0.761. The van der Waals surface area contributed by atoms with Crippen LogP contribution in [0.5, 0.6) is 0 Å². The maximum atomic E-state index is 11.3. The van der Waals surface area contributed by atoms with E-state index in [4.69, 9.17) is 11.6 Å². The number of halogens is 1. The minimum atomic E-state index is 0.0794. The molecule has 0 heterocycles. The Kier molecular flexibility index (Phi) is 3.88. The summed E-state index contributed by atoms with van der Waals surface area (Å²) in [7, 11) is 0. The zero-order valence-electron chi connectivity index (χ0n) is 10.5. The first-order chi connectivity index (χ1) is 8.08.